The molecule has 122 valence electrons. The quantitative estimate of drug-likeness (QED) is 0.810. The molecule has 0 bridgehead atoms. The molecule has 2 unspecified atom stereocenters. The Morgan fingerprint density at radius 3 is 2.74 bits per heavy atom. The van der Waals surface area contributed by atoms with E-state index in [0.717, 1.165) is 12.1 Å². The zero-order valence-corrected chi connectivity index (χ0v) is 11.4. The highest BCUT2D eigenvalue weighted by Crippen LogP contribution is 2.25. The first kappa shape index (κ1) is 16.8. The van der Waals surface area contributed by atoms with Crippen LogP contribution in [-0.2, 0) is 12.1 Å². The van der Waals surface area contributed by atoms with Crippen LogP contribution in [0.4, 0.5) is 8.78 Å². The van der Waals surface area contributed by atoms with Crippen molar-refractivity contribution in [3.05, 3.63) is 48.1 Å². The SMILES string of the molecule is C.OC(Cn1cncn1)(C[NH+]1C=NC=N1)c1ccc(F)cc1F. The van der Waals surface area contributed by atoms with E-state index in [-0.39, 0.29) is 26.1 Å². The molecular weight excluding hydrogens is 306 g/mol. The largest absolute Gasteiger partial charge is 0.377 e. The third-order valence-electron chi connectivity index (χ3n) is 3.31. The predicted octanol–water partition coefficient (Wildman–Crippen LogP) is -0.0497. The number of halogens is 2. The van der Waals surface area contributed by atoms with Crippen LogP contribution in [0.2, 0.25) is 0 Å². The Bertz CT molecular complexity index is 706. The molecule has 2 heterocycles. The Hall–Kier alpha value is -2.52. The smallest absolute Gasteiger partial charge is 0.216 e. The highest BCUT2D eigenvalue weighted by Gasteiger charge is 2.38. The maximum absolute atomic E-state index is 14.1. The molecule has 0 saturated heterocycles. The molecule has 9 heteroatoms. The number of quaternary nitrogens is 1. The third kappa shape index (κ3) is 3.63. The summed E-state index contributed by atoms with van der Waals surface area (Å²) in [5.74, 6) is -1.54. The van der Waals surface area contributed by atoms with Crippen LogP contribution in [0.5, 0.6) is 0 Å². The third-order valence-corrected chi connectivity index (χ3v) is 3.31. The summed E-state index contributed by atoms with van der Waals surface area (Å²) in [4.78, 5) is 7.62. The van der Waals surface area contributed by atoms with Crippen LogP contribution in [0.3, 0.4) is 0 Å². The first-order valence-electron chi connectivity index (χ1n) is 6.49. The molecule has 0 radical (unpaired) electrons. The van der Waals surface area contributed by atoms with E-state index in [4.69, 9.17) is 0 Å². The topological polar surface area (TPSA) is 80.1 Å². The van der Waals surface area contributed by atoms with Gasteiger partial charge >= 0.3 is 0 Å². The maximum Gasteiger partial charge on any atom is 0.216 e. The second-order valence-corrected chi connectivity index (χ2v) is 4.94. The van der Waals surface area contributed by atoms with Gasteiger partial charge in [-0.25, -0.2) is 18.4 Å². The number of aliphatic imine (C=N–C) groups is 1. The minimum absolute atomic E-state index is 0. The first-order chi connectivity index (χ1) is 10.6. The summed E-state index contributed by atoms with van der Waals surface area (Å²) in [6.45, 7) is -0.0438. The van der Waals surface area contributed by atoms with Crippen LogP contribution < -0.4 is 5.01 Å². The monoisotopic (exact) mass is 323 g/mol. The van der Waals surface area contributed by atoms with Crippen molar-refractivity contribution in [2.24, 2.45) is 10.1 Å². The van der Waals surface area contributed by atoms with Crippen molar-refractivity contribution in [3.63, 3.8) is 0 Å². The lowest BCUT2D eigenvalue weighted by Crippen LogP contribution is -3.07. The van der Waals surface area contributed by atoms with Crippen molar-refractivity contribution in [2.45, 2.75) is 19.6 Å². The van der Waals surface area contributed by atoms with Gasteiger partial charge in [0, 0.05) is 11.6 Å². The van der Waals surface area contributed by atoms with Gasteiger partial charge in [-0.2, -0.15) is 15.1 Å². The van der Waals surface area contributed by atoms with E-state index < -0.39 is 17.2 Å². The molecule has 23 heavy (non-hydrogen) atoms. The highest BCUT2D eigenvalue weighted by molar-refractivity contribution is 5.69. The van der Waals surface area contributed by atoms with Crippen molar-refractivity contribution in [1.82, 2.24) is 14.8 Å². The van der Waals surface area contributed by atoms with Crippen LogP contribution in [-0.4, -0.2) is 39.1 Å². The molecule has 0 aliphatic carbocycles. The molecule has 0 amide bonds. The fourth-order valence-corrected chi connectivity index (χ4v) is 2.34. The number of nitrogens with zero attached hydrogens (tertiary/aromatic N) is 5. The molecule has 7 nitrogen and oxygen atoms in total. The van der Waals surface area contributed by atoms with Crippen molar-refractivity contribution in [2.75, 3.05) is 6.54 Å². The van der Waals surface area contributed by atoms with Gasteiger partial charge in [-0.3, -0.25) is 0 Å². The lowest BCUT2D eigenvalue weighted by molar-refractivity contribution is -0.812. The number of aromatic nitrogens is 3. The molecule has 2 atom stereocenters. The molecule has 1 aromatic carbocycles. The van der Waals surface area contributed by atoms with Crippen molar-refractivity contribution >= 4 is 12.7 Å². The summed E-state index contributed by atoms with van der Waals surface area (Å²) in [7, 11) is 0. The molecule has 1 aliphatic rings. The van der Waals surface area contributed by atoms with E-state index in [9.17, 15) is 13.9 Å². The van der Waals surface area contributed by atoms with Gasteiger partial charge in [0.1, 0.15) is 30.8 Å². The van der Waals surface area contributed by atoms with Gasteiger partial charge in [-0.05, 0) is 12.1 Å². The first-order valence-corrected chi connectivity index (χ1v) is 6.49. The Morgan fingerprint density at radius 1 is 1.30 bits per heavy atom. The molecule has 0 saturated carbocycles. The van der Waals surface area contributed by atoms with Crippen LogP contribution in [0.25, 0.3) is 0 Å². The standard InChI is InChI=1S/C13H12F2N6O.CH4/c14-10-1-2-11(12(15)3-10)13(22,4-20-8-16-6-18-20)5-21-9-17-7-19-21;/h1-3,6-9,22H,4-5H2;1H4/p+1. The fraction of sp³-hybridized carbons (Fsp3) is 0.286. The summed E-state index contributed by atoms with van der Waals surface area (Å²) in [5.41, 5.74) is -1.69. The normalized spacial score (nSPS) is 18.7. The number of rotatable bonds is 5. The Balaban J connectivity index is 0.00000192. The molecule has 2 aromatic rings. The van der Waals surface area contributed by atoms with Gasteiger partial charge in [-0.1, -0.05) is 12.5 Å². The second-order valence-electron chi connectivity index (χ2n) is 4.94. The molecule has 0 fully saturated rings. The predicted molar refractivity (Wildman–Crippen MR) is 79.8 cm³/mol. The van der Waals surface area contributed by atoms with E-state index in [2.05, 4.69) is 20.2 Å². The highest BCUT2D eigenvalue weighted by atomic mass is 19.1. The van der Waals surface area contributed by atoms with Gasteiger partial charge in [-0.15, -0.1) is 0 Å². The van der Waals surface area contributed by atoms with Crippen molar-refractivity contribution < 1.29 is 18.9 Å². The van der Waals surface area contributed by atoms with Crippen LogP contribution in [0.1, 0.15) is 13.0 Å². The van der Waals surface area contributed by atoms with Crippen molar-refractivity contribution in [3.8, 4) is 0 Å². The van der Waals surface area contributed by atoms with Crippen LogP contribution in [0, 0.1) is 11.6 Å². The average Bonchev–Trinajstić information content (AvgIpc) is 3.12. The lowest BCUT2D eigenvalue weighted by Gasteiger charge is -2.28. The van der Waals surface area contributed by atoms with E-state index >= 15 is 0 Å². The zero-order valence-electron chi connectivity index (χ0n) is 11.4. The molecule has 2 N–H and O–H groups in total. The number of benzene rings is 1. The van der Waals surface area contributed by atoms with Crippen LogP contribution >= 0.6 is 0 Å². The van der Waals surface area contributed by atoms with Gasteiger partial charge in [0.05, 0.1) is 6.54 Å². The van der Waals surface area contributed by atoms with Gasteiger partial charge in [0.15, 0.2) is 11.9 Å². The van der Waals surface area contributed by atoms with Gasteiger partial charge in [0.25, 0.3) is 0 Å². The molecular formula is C14H17F2N6O+. The Morgan fingerprint density at radius 2 is 2.13 bits per heavy atom. The Kier molecular flexibility index (Phi) is 4.92. The van der Waals surface area contributed by atoms with E-state index in [1.54, 1.807) is 0 Å². The zero-order chi connectivity index (χ0) is 15.6. The molecule has 1 aliphatic heterocycles. The molecule has 3 rings (SSSR count). The van der Waals surface area contributed by atoms with E-state index in [1.165, 1.54) is 36.1 Å². The van der Waals surface area contributed by atoms with Gasteiger partial charge in [0.2, 0.25) is 6.34 Å². The fourth-order valence-electron chi connectivity index (χ4n) is 2.34. The second kappa shape index (κ2) is 6.71. The summed E-state index contributed by atoms with van der Waals surface area (Å²) in [5, 5.41) is 19.4. The number of hydrogen-bond acceptors (Lipinski definition) is 5. The lowest BCUT2D eigenvalue weighted by atomic mass is 9.92. The summed E-state index contributed by atoms with van der Waals surface area (Å²) in [6.07, 6.45) is 5.53. The molecule has 0 spiro atoms. The summed E-state index contributed by atoms with van der Waals surface area (Å²) < 4.78 is 28.6. The minimum atomic E-state index is -1.66. The van der Waals surface area contributed by atoms with E-state index in [0.29, 0.717) is 5.01 Å². The van der Waals surface area contributed by atoms with Crippen LogP contribution in [0.15, 0.2) is 40.9 Å². The van der Waals surface area contributed by atoms with Crippen molar-refractivity contribution in [1.29, 1.82) is 0 Å². The number of aliphatic hydroxyl groups is 1. The van der Waals surface area contributed by atoms with Gasteiger partial charge < -0.3 is 5.11 Å². The number of hydrogen-bond donors (Lipinski definition) is 2. The average molecular weight is 323 g/mol. The van der Waals surface area contributed by atoms with E-state index in [1.807, 2.05) is 0 Å². The maximum atomic E-state index is 14.1. The minimum Gasteiger partial charge on any atom is -0.377 e. The summed E-state index contributed by atoms with van der Waals surface area (Å²) >= 11 is 0. The number of nitrogens with one attached hydrogen (secondary N) is 1. The summed E-state index contributed by atoms with van der Waals surface area (Å²) in [6, 6.07) is 3.05. The molecule has 1 aromatic heterocycles. The Labute approximate surface area is 131 Å².